The van der Waals surface area contributed by atoms with E-state index in [1.54, 1.807) is 0 Å². The molecule has 0 aromatic rings. The standard InChI is InChI=1S/C13H22O4/c14-11-6-3-1-2-5-10(11)13(12(15)16)7-4-8-17-9-13/h10-11,14H,1-9H2,(H,15,16). The Balaban J connectivity index is 2.21. The van der Waals surface area contributed by atoms with Gasteiger partial charge in [-0.3, -0.25) is 4.79 Å². The van der Waals surface area contributed by atoms with Crippen molar-refractivity contribution >= 4 is 5.97 Å². The van der Waals surface area contributed by atoms with Crippen LogP contribution in [-0.2, 0) is 9.53 Å². The van der Waals surface area contributed by atoms with E-state index in [2.05, 4.69) is 0 Å². The molecule has 3 unspecified atom stereocenters. The maximum absolute atomic E-state index is 11.6. The second kappa shape index (κ2) is 5.36. The SMILES string of the molecule is O=C(O)C1(C2CCCCCC2O)CCCOC1. The van der Waals surface area contributed by atoms with Crippen molar-refractivity contribution in [2.75, 3.05) is 13.2 Å². The number of carboxylic acid groups (broad SMARTS) is 1. The molecule has 2 rings (SSSR count). The molecule has 3 atom stereocenters. The molecule has 2 N–H and O–H groups in total. The molecule has 2 fully saturated rings. The maximum atomic E-state index is 11.6. The van der Waals surface area contributed by atoms with Crippen LogP contribution in [0.15, 0.2) is 0 Å². The van der Waals surface area contributed by atoms with E-state index in [0.29, 0.717) is 13.0 Å². The summed E-state index contributed by atoms with van der Waals surface area (Å²) in [5.41, 5.74) is -0.845. The van der Waals surface area contributed by atoms with Gasteiger partial charge in [0.25, 0.3) is 0 Å². The number of aliphatic carboxylic acids is 1. The number of aliphatic hydroxyl groups excluding tert-OH is 1. The monoisotopic (exact) mass is 242 g/mol. The summed E-state index contributed by atoms with van der Waals surface area (Å²) in [4.78, 5) is 11.6. The molecule has 0 aromatic heterocycles. The van der Waals surface area contributed by atoms with Gasteiger partial charge in [0, 0.05) is 12.5 Å². The Morgan fingerprint density at radius 2 is 1.94 bits per heavy atom. The highest BCUT2D eigenvalue weighted by atomic mass is 16.5. The molecule has 1 saturated carbocycles. The first-order valence-electron chi connectivity index (χ1n) is 6.66. The lowest BCUT2D eigenvalue weighted by Crippen LogP contribution is -2.49. The van der Waals surface area contributed by atoms with Gasteiger partial charge in [0.05, 0.1) is 18.1 Å². The highest BCUT2D eigenvalue weighted by Crippen LogP contribution is 2.43. The fourth-order valence-corrected chi connectivity index (χ4v) is 3.37. The molecule has 2 aliphatic rings. The van der Waals surface area contributed by atoms with Crippen molar-refractivity contribution in [3.8, 4) is 0 Å². The smallest absolute Gasteiger partial charge is 0.312 e. The number of rotatable bonds is 2. The largest absolute Gasteiger partial charge is 0.481 e. The van der Waals surface area contributed by atoms with E-state index >= 15 is 0 Å². The molecule has 0 spiro atoms. The van der Waals surface area contributed by atoms with Gasteiger partial charge in [-0.2, -0.15) is 0 Å². The van der Waals surface area contributed by atoms with Crippen LogP contribution in [0, 0.1) is 11.3 Å². The lowest BCUT2D eigenvalue weighted by Gasteiger charge is -2.41. The Kier molecular flexibility index (Phi) is 4.05. The second-order valence-electron chi connectivity index (χ2n) is 5.43. The summed E-state index contributed by atoms with van der Waals surface area (Å²) in [5.74, 6) is -0.925. The topological polar surface area (TPSA) is 66.8 Å². The zero-order valence-corrected chi connectivity index (χ0v) is 10.2. The lowest BCUT2D eigenvalue weighted by molar-refractivity contribution is -0.169. The van der Waals surface area contributed by atoms with E-state index in [1.165, 1.54) is 0 Å². The van der Waals surface area contributed by atoms with Crippen molar-refractivity contribution < 1.29 is 19.7 Å². The zero-order chi connectivity index (χ0) is 12.3. The average Bonchev–Trinajstić information content (AvgIpc) is 2.55. The van der Waals surface area contributed by atoms with Gasteiger partial charge in [0.2, 0.25) is 0 Å². The Bertz CT molecular complexity index is 271. The summed E-state index contributed by atoms with van der Waals surface area (Å²) in [6.07, 6.45) is 5.64. The maximum Gasteiger partial charge on any atom is 0.312 e. The molecule has 4 nitrogen and oxygen atoms in total. The van der Waals surface area contributed by atoms with Gasteiger partial charge in [-0.1, -0.05) is 19.3 Å². The van der Waals surface area contributed by atoms with Crippen LogP contribution in [-0.4, -0.2) is 35.5 Å². The fraction of sp³-hybridized carbons (Fsp3) is 0.923. The van der Waals surface area contributed by atoms with E-state index in [0.717, 1.165) is 38.5 Å². The molecular formula is C13H22O4. The normalized spacial score (nSPS) is 39.6. The third-order valence-corrected chi connectivity index (χ3v) is 4.39. The Hall–Kier alpha value is -0.610. The molecule has 0 radical (unpaired) electrons. The lowest BCUT2D eigenvalue weighted by atomic mass is 9.67. The minimum absolute atomic E-state index is 0.136. The number of ether oxygens (including phenoxy) is 1. The van der Waals surface area contributed by atoms with E-state index in [-0.39, 0.29) is 12.5 Å². The van der Waals surface area contributed by atoms with Gasteiger partial charge in [-0.05, 0) is 25.7 Å². The third-order valence-electron chi connectivity index (χ3n) is 4.39. The van der Waals surface area contributed by atoms with Crippen LogP contribution in [0.2, 0.25) is 0 Å². The molecular weight excluding hydrogens is 220 g/mol. The van der Waals surface area contributed by atoms with Gasteiger partial charge in [0.15, 0.2) is 0 Å². The van der Waals surface area contributed by atoms with Crippen LogP contribution < -0.4 is 0 Å². The summed E-state index contributed by atoms with van der Waals surface area (Å²) < 4.78 is 5.40. The zero-order valence-electron chi connectivity index (χ0n) is 10.2. The summed E-state index contributed by atoms with van der Waals surface area (Å²) in [6, 6.07) is 0. The molecule has 0 amide bonds. The minimum atomic E-state index is -0.845. The highest BCUT2D eigenvalue weighted by Gasteiger charge is 2.49. The average molecular weight is 242 g/mol. The van der Waals surface area contributed by atoms with Crippen molar-refractivity contribution in [2.45, 2.75) is 51.0 Å². The third kappa shape index (κ3) is 2.47. The number of carbonyl (C=O) groups is 1. The van der Waals surface area contributed by atoms with E-state index in [4.69, 9.17) is 4.74 Å². The summed E-state index contributed by atoms with van der Waals surface area (Å²) in [7, 11) is 0. The first-order chi connectivity index (χ1) is 8.17. The molecule has 0 bridgehead atoms. The molecule has 0 aromatic carbocycles. The number of hydrogen-bond acceptors (Lipinski definition) is 3. The Labute approximate surface area is 102 Å². The van der Waals surface area contributed by atoms with Crippen molar-refractivity contribution in [1.29, 1.82) is 0 Å². The van der Waals surface area contributed by atoms with E-state index in [1.807, 2.05) is 0 Å². The first-order valence-corrected chi connectivity index (χ1v) is 6.66. The summed E-state index contributed by atoms with van der Waals surface area (Å²) >= 11 is 0. The van der Waals surface area contributed by atoms with Gasteiger partial charge in [-0.25, -0.2) is 0 Å². The molecule has 1 heterocycles. The van der Waals surface area contributed by atoms with Gasteiger partial charge in [0.1, 0.15) is 0 Å². The number of hydrogen-bond donors (Lipinski definition) is 2. The molecule has 98 valence electrons. The minimum Gasteiger partial charge on any atom is -0.481 e. The highest BCUT2D eigenvalue weighted by molar-refractivity contribution is 5.75. The predicted molar refractivity (Wildman–Crippen MR) is 62.7 cm³/mol. The number of aliphatic hydroxyl groups is 1. The molecule has 1 aliphatic carbocycles. The van der Waals surface area contributed by atoms with Crippen molar-refractivity contribution in [2.24, 2.45) is 11.3 Å². The fourth-order valence-electron chi connectivity index (χ4n) is 3.37. The van der Waals surface area contributed by atoms with Crippen LogP contribution in [0.5, 0.6) is 0 Å². The number of carboxylic acids is 1. The van der Waals surface area contributed by atoms with Crippen molar-refractivity contribution in [3.63, 3.8) is 0 Å². The van der Waals surface area contributed by atoms with Crippen LogP contribution in [0.1, 0.15) is 44.9 Å². The van der Waals surface area contributed by atoms with E-state index < -0.39 is 17.5 Å². The quantitative estimate of drug-likeness (QED) is 0.725. The summed E-state index contributed by atoms with van der Waals surface area (Å²) in [6.45, 7) is 0.919. The summed E-state index contributed by atoms with van der Waals surface area (Å²) in [5, 5.41) is 19.8. The Morgan fingerprint density at radius 1 is 1.18 bits per heavy atom. The van der Waals surface area contributed by atoms with E-state index in [9.17, 15) is 15.0 Å². The van der Waals surface area contributed by atoms with Crippen LogP contribution in [0.25, 0.3) is 0 Å². The first kappa shape index (κ1) is 12.8. The van der Waals surface area contributed by atoms with Crippen LogP contribution >= 0.6 is 0 Å². The second-order valence-corrected chi connectivity index (χ2v) is 5.43. The molecule has 17 heavy (non-hydrogen) atoms. The predicted octanol–water partition coefficient (Wildman–Crippen LogP) is 1.81. The van der Waals surface area contributed by atoms with Crippen molar-refractivity contribution in [3.05, 3.63) is 0 Å². The van der Waals surface area contributed by atoms with Crippen LogP contribution in [0.4, 0.5) is 0 Å². The van der Waals surface area contributed by atoms with Gasteiger partial charge < -0.3 is 14.9 Å². The van der Waals surface area contributed by atoms with Crippen molar-refractivity contribution in [1.82, 2.24) is 0 Å². The molecule has 1 aliphatic heterocycles. The van der Waals surface area contributed by atoms with Gasteiger partial charge in [-0.15, -0.1) is 0 Å². The van der Waals surface area contributed by atoms with Crippen LogP contribution in [0.3, 0.4) is 0 Å². The molecule has 1 saturated heterocycles. The Morgan fingerprint density at radius 3 is 2.59 bits per heavy atom. The molecule has 4 heteroatoms. The van der Waals surface area contributed by atoms with Gasteiger partial charge >= 0.3 is 5.97 Å².